The molecule has 0 aromatic heterocycles. The Kier molecular flexibility index (Phi) is 4.88. The Labute approximate surface area is 132 Å². The molecular formula is C15H18BrNO4. The van der Waals surface area contributed by atoms with Gasteiger partial charge in [0.25, 0.3) is 5.91 Å². The fourth-order valence-electron chi connectivity index (χ4n) is 2.46. The number of amides is 1. The molecule has 1 aliphatic rings. The summed E-state index contributed by atoms with van der Waals surface area (Å²) in [6.45, 7) is 4.29. The van der Waals surface area contributed by atoms with Gasteiger partial charge in [-0.3, -0.25) is 4.79 Å². The molecule has 1 fully saturated rings. The Morgan fingerprint density at radius 3 is 2.71 bits per heavy atom. The van der Waals surface area contributed by atoms with Crippen molar-refractivity contribution < 1.29 is 19.4 Å². The van der Waals surface area contributed by atoms with Crippen LogP contribution in [0.5, 0.6) is 5.75 Å². The van der Waals surface area contributed by atoms with E-state index >= 15 is 0 Å². The van der Waals surface area contributed by atoms with Gasteiger partial charge >= 0.3 is 5.97 Å². The fourth-order valence-corrected chi connectivity index (χ4v) is 2.93. The van der Waals surface area contributed by atoms with Gasteiger partial charge in [0.15, 0.2) is 0 Å². The minimum atomic E-state index is -0.950. The molecule has 21 heavy (non-hydrogen) atoms. The number of hydrogen-bond acceptors (Lipinski definition) is 3. The number of aliphatic carboxylic acids is 1. The predicted octanol–water partition coefficient (Wildman–Crippen LogP) is 2.93. The first-order valence-electron chi connectivity index (χ1n) is 6.89. The number of halogens is 1. The zero-order valence-corrected chi connectivity index (χ0v) is 13.6. The summed E-state index contributed by atoms with van der Waals surface area (Å²) in [5.41, 5.74) is 0.438. The Morgan fingerprint density at radius 1 is 1.38 bits per heavy atom. The van der Waals surface area contributed by atoms with Crippen LogP contribution in [0.4, 0.5) is 0 Å². The SMILES string of the molecule is CC(C)Oc1cc(Br)cc(C(=O)N2CCC[C@H]2C(=O)O)c1. The maximum Gasteiger partial charge on any atom is 0.326 e. The number of carboxylic acids is 1. The molecule has 1 atom stereocenters. The first kappa shape index (κ1) is 15.8. The minimum Gasteiger partial charge on any atom is -0.491 e. The van der Waals surface area contributed by atoms with Gasteiger partial charge in [0.05, 0.1) is 6.10 Å². The summed E-state index contributed by atoms with van der Waals surface area (Å²) in [4.78, 5) is 25.2. The molecule has 0 aliphatic carbocycles. The average Bonchev–Trinajstić information content (AvgIpc) is 2.85. The molecule has 1 aromatic rings. The lowest BCUT2D eigenvalue weighted by Crippen LogP contribution is -2.40. The van der Waals surface area contributed by atoms with Crippen molar-refractivity contribution in [1.82, 2.24) is 4.90 Å². The second-order valence-electron chi connectivity index (χ2n) is 5.34. The van der Waals surface area contributed by atoms with E-state index in [0.29, 0.717) is 30.7 Å². The molecule has 1 aliphatic heterocycles. The smallest absolute Gasteiger partial charge is 0.326 e. The average molecular weight is 356 g/mol. The first-order chi connectivity index (χ1) is 9.88. The molecule has 1 N–H and O–H groups in total. The molecule has 2 rings (SSSR count). The number of likely N-dealkylation sites (tertiary alicyclic amines) is 1. The molecule has 6 heteroatoms. The van der Waals surface area contributed by atoms with E-state index < -0.39 is 12.0 Å². The summed E-state index contributed by atoms with van der Waals surface area (Å²) < 4.78 is 6.34. The molecule has 1 amide bonds. The number of carbonyl (C=O) groups excluding carboxylic acids is 1. The molecule has 0 bridgehead atoms. The van der Waals surface area contributed by atoms with Crippen molar-refractivity contribution in [1.29, 1.82) is 0 Å². The Balaban J connectivity index is 2.26. The second kappa shape index (κ2) is 6.47. The van der Waals surface area contributed by atoms with Crippen molar-refractivity contribution in [2.45, 2.75) is 38.8 Å². The van der Waals surface area contributed by atoms with E-state index in [1.807, 2.05) is 13.8 Å². The number of carbonyl (C=O) groups is 2. The maximum absolute atomic E-state index is 12.5. The Bertz CT molecular complexity index is 559. The topological polar surface area (TPSA) is 66.8 Å². The van der Waals surface area contributed by atoms with E-state index in [1.165, 1.54) is 4.90 Å². The van der Waals surface area contributed by atoms with Gasteiger partial charge in [0.2, 0.25) is 0 Å². The third-order valence-corrected chi connectivity index (χ3v) is 3.75. The molecular weight excluding hydrogens is 338 g/mol. The zero-order valence-electron chi connectivity index (χ0n) is 12.0. The van der Waals surface area contributed by atoms with Gasteiger partial charge < -0.3 is 14.7 Å². The minimum absolute atomic E-state index is 0.000747. The van der Waals surface area contributed by atoms with Crippen LogP contribution >= 0.6 is 15.9 Å². The predicted molar refractivity (Wildman–Crippen MR) is 81.6 cm³/mol. The summed E-state index contributed by atoms with van der Waals surface area (Å²) >= 11 is 3.36. The molecule has 1 heterocycles. The third kappa shape index (κ3) is 3.75. The number of rotatable bonds is 4. The van der Waals surface area contributed by atoms with E-state index in [4.69, 9.17) is 4.74 Å². The number of benzene rings is 1. The number of carboxylic acid groups (broad SMARTS) is 1. The van der Waals surface area contributed by atoms with Gasteiger partial charge in [-0.2, -0.15) is 0 Å². The maximum atomic E-state index is 12.5. The van der Waals surface area contributed by atoms with Crippen LogP contribution < -0.4 is 4.74 Å². The van der Waals surface area contributed by atoms with Crippen LogP contribution in [-0.2, 0) is 4.79 Å². The van der Waals surface area contributed by atoms with E-state index in [0.717, 1.165) is 4.47 Å². The summed E-state index contributed by atoms with van der Waals surface area (Å²) in [5, 5.41) is 9.18. The van der Waals surface area contributed by atoms with Crippen LogP contribution in [0.15, 0.2) is 22.7 Å². The molecule has 1 aromatic carbocycles. The first-order valence-corrected chi connectivity index (χ1v) is 7.69. The van der Waals surface area contributed by atoms with Crippen molar-refractivity contribution in [3.05, 3.63) is 28.2 Å². The summed E-state index contributed by atoms with van der Waals surface area (Å²) in [5.74, 6) is -0.627. The standard InChI is InChI=1S/C15H18BrNO4/c1-9(2)21-12-7-10(6-11(16)8-12)14(18)17-5-3-4-13(17)15(19)20/h6-9,13H,3-5H2,1-2H3,(H,19,20)/t13-/m0/s1. The highest BCUT2D eigenvalue weighted by Crippen LogP contribution is 2.26. The fraction of sp³-hybridized carbons (Fsp3) is 0.467. The Morgan fingerprint density at radius 2 is 2.10 bits per heavy atom. The van der Waals surface area contributed by atoms with E-state index in [1.54, 1.807) is 18.2 Å². The van der Waals surface area contributed by atoms with Gasteiger partial charge in [-0.05, 0) is 44.9 Å². The normalized spacial score (nSPS) is 18.1. The molecule has 5 nitrogen and oxygen atoms in total. The zero-order chi connectivity index (χ0) is 15.6. The van der Waals surface area contributed by atoms with Gasteiger partial charge in [0, 0.05) is 16.6 Å². The van der Waals surface area contributed by atoms with Crippen LogP contribution in [-0.4, -0.2) is 40.6 Å². The number of ether oxygens (including phenoxy) is 1. The monoisotopic (exact) mass is 355 g/mol. The van der Waals surface area contributed by atoms with Crippen molar-refractivity contribution in [3.63, 3.8) is 0 Å². The quantitative estimate of drug-likeness (QED) is 0.901. The molecule has 0 saturated carbocycles. The van der Waals surface area contributed by atoms with Gasteiger partial charge in [-0.1, -0.05) is 15.9 Å². The van der Waals surface area contributed by atoms with Crippen LogP contribution in [0.2, 0.25) is 0 Å². The highest BCUT2D eigenvalue weighted by atomic mass is 79.9. The van der Waals surface area contributed by atoms with Crippen LogP contribution in [0.25, 0.3) is 0 Å². The number of nitrogens with zero attached hydrogens (tertiary/aromatic N) is 1. The summed E-state index contributed by atoms with van der Waals surface area (Å²) in [7, 11) is 0. The van der Waals surface area contributed by atoms with E-state index in [2.05, 4.69) is 15.9 Å². The lowest BCUT2D eigenvalue weighted by Gasteiger charge is -2.22. The Hall–Kier alpha value is -1.56. The lowest BCUT2D eigenvalue weighted by molar-refractivity contribution is -0.141. The summed E-state index contributed by atoms with van der Waals surface area (Å²) in [6.07, 6.45) is 1.22. The van der Waals surface area contributed by atoms with E-state index in [-0.39, 0.29) is 12.0 Å². The lowest BCUT2D eigenvalue weighted by atomic mass is 10.1. The van der Waals surface area contributed by atoms with Gasteiger partial charge in [0.1, 0.15) is 11.8 Å². The highest BCUT2D eigenvalue weighted by molar-refractivity contribution is 9.10. The van der Waals surface area contributed by atoms with Crippen molar-refractivity contribution >= 4 is 27.8 Å². The van der Waals surface area contributed by atoms with Gasteiger partial charge in [-0.15, -0.1) is 0 Å². The third-order valence-electron chi connectivity index (χ3n) is 3.29. The van der Waals surface area contributed by atoms with E-state index in [9.17, 15) is 14.7 Å². The molecule has 0 unspecified atom stereocenters. The molecule has 114 valence electrons. The van der Waals surface area contributed by atoms with Crippen molar-refractivity contribution in [2.24, 2.45) is 0 Å². The number of hydrogen-bond donors (Lipinski definition) is 1. The molecule has 0 spiro atoms. The van der Waals surface area contributed by atoms with Crippen molar-refractivity contribution in [2.75, 3.05) is 6.54 Å². The molecule has 0 radical (unpaired) electrons. The summed E-state index contributed by atoms with van der Waals surface area (Å²) in [6, 6.07) is 4.40. The van der Waals surface area contributed by atoms with Crippen LogP contribution in [0.1, 0.15) is 37.0 Å². The van der Waals surface area contributed by atoms with Crippen LogP contribution in [0, 0.1) is 0 Å². The largest absolute Gasteiger partial charge is 0.491 e. The second-order valence-corrected chi connectivity index (χ2v) is 6.25. The van der Waals surface area contributed by atoms with Crippen LogP contribution in [0.3, 0.4) is 0 Å². The van der Waals surface area contributed by atoms with Crippen molar-refractivity contribution in [3.8, 4) is 5.75 Å². The van der Waals surface area contributed by atoms with Gasteiger partial charge in [-0.25, -0.2) is 4.79 Å². The molecule has 1 saturated heterocycles. The highest BCUT2D eigenvalue weighted by Gasteiger charge is 2.34.